The van der Waals surface area contributed by atoms with Crippen molar-refractivity contribution in [1.29, 1.82) is 10.5 Å². The van der Waals surface area contributed by atoms with Crippen LogP contribution in [0.2, 0.25) is 0 Å². The summed E-state index contributed by atoms with van der Waals surface area (Å²) in [6.45, 7) is 6.50. The molecule has 1 unspecified atom stereocenters. The monoisotopic (exact) mass is 444 g/mol. The van der Waals surface area contributed by atoms with Crippen molar-refractivity contribution < 1.29 is 19.0 Å². The van der Waals surface area contributed by atoms with E-state index in [4.69, 9.17) is 19.5 Å². The topological polar surface area (TPSA) is 117 Å². The number of fused-ring (bicyclic) bond motifs is 2. The van der Waals surface area contributed by atoms with Gasteiger partial charge in [-0.15, -0.1) is 0 Å². The Morgan fingerprint density at radius 2 is 2.15 bits per heavy atom. The number of hydrogen-bond acceptors (Lipinski definition) is 8. The fourth-order valence-electron chi connectivity index (χ4n) is 4.41. The molecule has 2 aliphatic rings. The van der Waals surface area contributed by atoms with Gasteiger partial charge in [-0.1, -0.05) is 6.07 Å². The van der Waals surface area contributed by atoms with Gasteiger partial charge in [-0.05, 0) is 32.4 Å². The van der Waals surface area contributed by atoms with E-state index >= 15 is 0 Å². The maximum atomic E-state index is 13.3. The number of allylic oxidation sites excluding steroid dienone is 1. The van der Waals surface area contributed by atoms with E-state index in [9.17, 15) is 10.1 Å². The van der Waals surface area contributed by atoms with Crippen molar-refractivity contribution in [3.63, 3.8) is 0 Å². The van der Waals surface area contributed by atoms with Crippen LogP contribution in [0.1, 0.15) is 54.0 Å². The van der Waals surface area contributed by atoms with Gasteiger partial charge >= 0.3 is 5.97 Å². The first-order valence-electron chi connectivity index (χ1n) is 10.8. The van der Waals surface area contributed by atoms with Crippen LogP contribution in [0.25, 0.3) is 0 Å². The zero-order valence-corrected chi connectivity index (χ0v) is 18.8. The Balaban J connectivity index is 1.96. The van der Waals surface area contributed by atoms with E-state index in [1.807, 2.05) is 32.9 Å². The van der Waals surface area contributed by atoms with Crippen LogP contribution in [0.3, 0.4) is 0 Å². The molecule has 0 saturated carbocycles. The third kappa shape index (κ3) is 3.85. The molecular formula is C25H24N4O4. The Kier molecular flexibility index (Phi) is 6.19. The molecular weight excluding hydrogens is 420 g/mol. The normalized spacial score (nSPS) is 16.0. The molecule has 1 atom stereocenters. The van der Waals surface area contributed by atoms with Gasteiger partial charge in [0.15, 0.2) is 0 Å². The van der Waals surface area contributed by atoms with Gasteiger partial charge in [0.05, 0.1) is 60.1 Å². The molecule has 2 aliphatic heterocycles. The van der Waals surface area contributed by atoms with Crippen molar-refractivity contribution in [2.45, 2.75) is 39.5 Å². The summed E-state index contributed by atoms with van der Waals surface area (Å²) in [5.41, 5.74) is 5.64. The Bertz CT molecular complexity index is 1240. The molecule has 0 aliphatic carbocycles. The number of esters is 1. The van der Waals surface area contributed by atoms with E-state index in [0.717, 1.165) is 27.9 Å². The van der Waals surface area contributed by atoms with Crippen LogP contribution in [0.5, 0.6) is 11.6 Å². The van der Waals surface area contributed by atoms with Crippen molar-refractivity contribution in [2.24, 2.45) is 0 Å². The molecule has 0 fully saturated rings. The smallest absolute Gasteiger partial charge is 0.336 e. The van der Waals surface area contributed by atoms with Crippen LogP contribution in [0, 0.1) is 29.6 Å². The fourth-order valence-corrected chi connectivity index (χ4v) is 4.41. The molecule has 1 aromatic carbocycles. The minimum absolute atomic E-state index is 0.00193. The summed E-state index contributed by atoms with van der Waals surface area (Å²) < 4.78 is 17.3. The number of nitrogens with zero attached hydrogens (tertiary/aromatic N) is 3. The van der Waals surface area contributed by atoms with E-state index < -0.39 is 11.9 Å². The zero-order valence-electron chi connectivity index (χ0n) is 18.8. The molecule has 168 valence electrons. The summed E-state index contributed by atoms with van der Waals surface area (Å²) in [4.78, 5) is 17.8. The van der Waals surface area contributed by atoms with Crippen LogP contribution in [-0.4, -0.2) is 30.8 Å². The maximum Gasteiger partial charge on any atom is 0.336 e. The Morgan fingerprint density at radius 1 is 1.33 bits per heavy atom. The van der Waals surface area contributed by atoms with Gasteiger partial charge in [0.25, 0.3) is 0 Å². The highest BCUT2D eigenvalue weighted by atomic mass is 16.5. The van der Waals surface area contributed by atoms with Crippen LogP contribution >= 0.6 is 0 Å². The molecule has 3 heterocycles. The first-order valence-corrected chi connectivity index (χ1v) is 10.8. The molecule has 4 rings (SSSR count). The van der Waals surface area contributed by atoms with Crippen molar-refractivity contribution in [3.8, 4) is 23.8 Å². The number of hydrogen-bond donors (Lipinski definition) is 1. The van der Waals surface area contributed by atoms with Crippen LogP contribution in [-0.2, 0) is 16.0 Å². The van der Waals surface area contributed by atoms with Crippen molar-refractivity contribution in [1.82, 2.24) is 4.98 Å². The molecule has 1 aromatic heterocycles. The van der Waals surface area contributed by atoms with E-state index in [2.05, 4.69) is 16.4 Å². The lowest BCUT2D eigenvalue weighted by Crippen LogP contribution is -2.26. The van der Waals surface area contributed by atoms with Crippen LogP contribution in [0.4, 0.5) is 5.69 Å². The molecule has 1 N–H and O–H groups in total. The first kappa shape index (κ1) is 22.2. The number of ether oxygens (including phenoxy) is 3. The number of rotatable bonds is 6. The van der Waals surface area contributed by atoms with E-state index in [1.165, 1.54) is 0 Å². The predicted octanol–water partition coefficient (Wildman–Crippen LogP) is 3.88. The van der Waals surface area contributed by atoms with Gasteiger partial charge in [-0.3, -0.25) is 0 Å². The Morgan fingerprint density at radius 3 is 2.88 bits per heavy atom. The number of carbonyl (C=O) groups excluding carboxylic acids is 1. The number of aryl methyl sites for hydroxylation is 1. The van der Waals surface area contributed by atoms with Gasteiger partial charge in [0, 0.05) is 29.4 Å². The molecule has 0 spiro atoms. The van der Waals surface area contributed by atoms with Crippen molar-refractivity contribution >= 4 is 11.7 Å². The highest BCUT2D eigenvalue weighted by molar-refractivity contribution is 5.95. The standard InChI is InChI=1S/C25H24N4O4/c1-4-31-24-21-20(18-7-6-16(12-27)17-8-11-32-23(17)18)19(25(30)33-10-5-9-26)15(3)29-22(21)14(2)13-28-24/h6-7,13,20,29H,4-5,8,10-11H2,1-3H3. The highest BCUT2D eigenvalue weighted by Crippen LogP contribution is 2.50. The summed E-state index contributed by atoms with van der Waals surface area (Å²) in [7, 11) is 0. The zero-order chi connectivity index (χ0) is 23.5. The largest absolute Gasteiger partial charge is 0.493 e. The molecule has 8 nitrogen and oxygen atoms in total. The average molecular weight is 444 g/mol. The van der Waals surface area contributed by atoms with E-state index in [-0.39, 0.29) is 13.0 Å². The van der Waals surface area contributed by atoms with Gasteiger partial charge in [0.2, 0.25) is 5.88 Å². The SMILES string of the molecule is CCOc1ncc(C)c2c1C(c1ccc(C#N)c3c1OCC3)C(C(=O)OCCC#N)=C(C)N2. The van der Waals surface area contributed by atoms with Gasteiger partial charge in [0.1, 0.15) is 12.4 Å². The number of nitrogens with one attached hydrogen (secondary N) is 1. The average Bonchev–Trinajstić information content (AvgIpc) is 3.30. The number of benzene rings is 1. The first-order chi connectivity index (χ1) is 16.0. The molecule has 0 saturated heterocycles. The Labute approximate surface area is 192 Å². The molecule has 2 aromatic rings. The lowest BCUT2D eigenvalue weighted by Gasteiger charge is -2.32. The number of pyridine rings is 1. The summed E-state index contributed by atoms with van der Waals surface area (Å²) in [6, 6.07) is 7.81. The third-order valence-corrected chi connectivity index (χ3v) is 5.83. The van der Waals surface area contributed by atoms with Crippen molar-refractivity contribution in [2.75, 3.05) is 25.1 Å². The van der Waals surface area contributed by atoms with E-state index in [0.29, 0.717) is 48.1 Å². The molecule has 0 amide bonds. The lowest BCUT2D eigenvalue weighted by atomic mass is 9.79. The summed E-state index contributed by atoms with van der Waals surface area (Å²) in [5, 5.41) is 21.7. The minimum Gasteiger partial charge on any atom is -0.493 e. The summed E-state index contributed by atoms with van der Waals surface area (Å²) in [5.74, 6) is -0.0668. The number of nitriles is 2. The molecule has 0 radical (unpaired) electrons. The number of anilines is 1. The summed E-state index contributed by atoms with van der Waals surface area (Å²) in [6.07, 6.45) is 2.46. The second-order valence-electron chi connectivity index (χ2n) is 7.83. The predicted molar refractivity (Wildman–Crippen MR) is 120 cm³/mol. The molecule has 33 heavy (non-hydrogen) atoms. The van der Waals surface area contributed by atoms with Crippen LogP contribution < -0.4 is 14.8 Å². The number of aromatic nitrogens is 1. The number of carbonyl (C=O) groups is 1. The maximum absolute atomic E-state index is 13.3. The highest BCUT2D eigenvalue weighted by Gasteiger charge is 2.39. The molecule has 8 heteroatoms. The lowest BCUT2D eigenvalue weighted by molar-refractivity contribution is -0.139. The molecule has 0 bridgehead atoms. The third-order valence-electron chi connectivity index (χ3n) is 5.83. The van der Waals surface area contributed by atoms with Gasteiger partial charge in [-0.25, -0.2) is 9.78 Å². The minimum atomic E-state index is -0.579. The Hall–Kier alpha value is -4.04. The van der Waals surface area contributed by atoms with Gasteiger partial charge in [-0.2, -0.15) is 10.5 Å². The quantitative estimate of drug-likeness (QED) is 0.527. The summed E-state index contributed by atoms with van der Waals surface area (Å²) >= 11 is 0. The second kappa shape index (κ2) is 9.22. The van der Waals surface area contributed by atoms with E-state index in [1.54, 1.807) is 12.3 Å². The fraction of sp³-hybridized carbons (Fsp3) is 0.360. The van der Waals surface area contributed by atoms with Gasteiger partial charge < -0.3 is 19.5 Å². The van der Waals surface area contributed by atoms with Crippen LogP contribution in [0.15, 0.2) is 29.6 Å². The second-order valence-corrected chi connectivity index (χ2v) is 7.83. The van der Waals surface area contributed by atoms with Crippen molar-refractivity contribution in [3.05, 3.63) is 57.4 Å².